The number of thioether (sulfide) groups is 1. The quantitative estimate of drug-likeness (QED) is 0.164. The van der Waals surface area contributed by atoms with E-state index < -0.39 is 34.5 Å². The second-order valence-electron chi connectivity index (χ2n) is 7.45. The first-order valence-electron chi connectivity index (χ1n) is 10.5. The number of amides is 3. The molecule has 10 nitrogen and oxygen atoms in total. The smallest absolute Gasteiger partial charge is 0.343 e. The average molecular weight is 503 g/mol. The van der Waals surface area contributed by atoms with Gasteiger partial charge in [-0.2, -0.15) is 0 Å². The number of rotatable bonds is 7. The highest BCUT2D eigenvalue weighted by Crippen LogP contribution is 2.32. The highest BCUT2D eigenvalue weighted by molar-refractivity contribution is 8.18. The minimum Gasteiger partial charge on any atom is -0.423 e. The zero-order valence-electron chi connectivity index (χ0n) is 18.5. The summed E-state index contributed by atoms with van der Waals surface area (Å²) in [6.07, 6.45) is 1.49. The van der Waals surface area contributed by atoms with Gasteiger partial charge in [-0.05, 0) is 53.7 Å². The lowest BCUT2D eigenvalue weighted by atomic mass is 10.2. The Morgan fingerprint density at radius 1 is 1.00 bits per heavy atom. The molecule has 1 fully saturated rings. The first-order valence-corrected chi connectivity index (χ1v) is 11.3. The maximum Gasteiger partial charge on any atom is 0.343 e. The third-order valence-electron chi connectivity index (χ3n) is 4.91. The fraction of sp³-hybridized carbons (Fsp3) is 0.0400. The number of anilines is 1. The SMILES string of the molecule is O=C(CN1C(=O)S/C(=C\c2ccc(OC(=O)c3cccc([N+](=O)[O-])c3)cc2)C1=O)Nc1ccccc1. The molecule has 0 aromatic heterocycles. The zero-order chi connectivity index (χ0) is 25.7. The van der Waals surface area contributed by atoms with Crippen LogP contribution in [0.15, 0.2) is 83.8 Å². The fourth-order valence-electron chi connectivity index (χ4n) is 3.20. The molecule has 1 N–H and O–H groups in total. The van der Waals surface area contributed by atoms with Gasteiger partial charge in [0.05, 0.1) is 15.4 Å². The van der Waals surface area contributed by atoms with E-state index in [0.29, 0.717) is 11.3 Å². The van der Waals surface area contributed by atoms with E-state index in [-0.39, 0.29) is 21.9 Å². The molecule has 3 aromatic rings. The summed E-state index contributed by atoms with van der Waals surface area (Å²) in [5.41, 5.74) is 0.908. The van der Waals surface area contributed by atoms with Gasteiger partial charge in [0.25, 0.3) is 16.8 Å². The normalized spacial score (nSPS) is 14.1. The number of nitro benzene ring substituents is 1. The molecule has 36 heavy (non-hydrogen) atoms. The van der Waals surface area contributed by atoms with Crippen LogP contribution in [0.5, 0.6) is 5.75 Å². The van der Waals surface area contributed by atoms with E-state index in [4.69, 9.17) is 4.74 Å². The molecule has 4 rings (SSSR count). The number of hydrogen-bond acceptors (Lipinski definition) is 8. The Bertz CT molecular complexity index is 1390. The van der Waals surface area contributed by atoms with Gasteiger partial charge in [0.2, 0.25) is 5.91 Å². The maximum absolute atomic E-state index is 12.7. The summed E-state index contributed by atoms with van der Waals surface area (Å²) < 4.78 is 5.25. The van der Waals surface area contributed by atoms with Crippen molar-refractivity contribution in [3.05, 3.63) is 105 Å². The Morgan fingerprint density at radius 3 is 2.42 bits per heavy atom. The van der Waals surface area contributed by atoms with Gasteiger partial charge in [0.1, 0.15) is 12.3 Å². The van der Waals surface area contributed by atoms with Crippen molar-refractivity contribution in [1.82, 2.24) is 4.90 Å². The molecule has 0 bridgehead atoms. The van der Waals surface area contributed by atoms with Crippen LogP contribution >= 0.6 is 11.8 Å². The van der Waals surface area contributed by atoms with Gasteiger partial charge in [0, 0.05) is 17.8 Å². The molecule has 1 aliphatic heterocycles. The number of carbonyl (C=O) groups is 4. The largest absolute Gasteiger partial charge is 0.423 e. The van der Waals surface area contributed by atoms with E-state index in [1.54, 1.807) is 42.5 Å². The van der Waals surface area contributed by atoms with Gasteiger partial charge < -0.3 is 10.1 Å². The Kier molecular flexibility index (Phi) is 7.21. The molecule has 1 heterocycles. The minimum atomic E-state index is -0.763. The number of para-hydroxylation sites is 1. The molecule has 1 saturated heterocycles. The van der Waals surface area contributed by atoms with Crippen molar-refractivity contribution in [1.29, 1.82) is 0 Å². The second-order valence-corrected chi connectivity index (χ2v) is 8.44. The third-order valence-corrected chi connectivity index (χ3v) is 5.82. The van der Waals surface area contributed by atoms with Crippen LogP contribution in [0.4, 0.5) is 16.2 Å². The van der Waals surface area contributed by atoms with Gasteiger partial charge in [-0.25, -0.2) is 4.79 Å². The number of ether oxygens (including phenoxy) is 1. The summed E-state index contributed by atoms with van der Waals surface area (Å²) >= 11 is 0.719. The summed E-state index contributed by atoms with van der Waals surface area (Å²) in [5.74, 6) is -1.66. The number of imide groups is 1. The molecule has 1 aliphatic rings. The number of non-ortho nitro benzene ring substituents is 1. The summed E-state index contributed by atoms with van der Waals surface area (Å²) in [6.45, 7) is -0.413. The van der Waals surface area contributed by atoms with Crippen molar-refractivity contribution in [3.8, 4) is 5.75 Å². The molecule has 0 unspecified atom stereocenters. The lowest BCUT2D eigenvalue weighted by molar-refractivity contribution is -0.384. The molecule has 0 atom stereocenters. The first-order chi connectivity index (χ1) is 17.3. The van der Waals surface area contributed by atoms with Crippen LogP contribution in [0.25, 0.3) is 6.08 Å². The third kappa shape index (κ3) is 5.83. The average Bonchev–Trinajstić information content (AvgIpc) is 3.13. The first kappa shape index (κ1) is 24.4. The van der Waals surface area contributed by atoms with Crippen molar-refractivity contribution in [3.63, 3.8) is 0 Å². The summed E-state index contributed by atoms with van der Waals surface area (Å²) in [4.78, 5) is 60.8. The van der Waals surface area contributed by atoms with Crippen LogP contribution in [0, 0.1) is 10.1 Å². The standard InChI is InChI=1S/C25H17N3O7S/c29-22(26-18-6-2-1-3-7-18)15-27-23(30)21(36-25(27)32)13-16-9-11-20(12-10-16)35-24(31)17-5-4-8-19(14-17)28(33)34/h1-14H,15H2,(H,26,29)/b21-13-. The maximum atomic E-state index is 12.7. The van der Waals surface area contributed by atoms with Crippen molar-refractivity contribution in [2.24, 2.45) is 0 Å². The summed E-state index contributed by atoms with van der Waals surface area (Å²) in [6, 6.07) is 20.0. The molecular weight excluding hydrogens is 486 g/mol. The molecule has 0 radical (unpaired) electrons. The lowest BCUT2D eigenvalue weighted by Crippen LogP contribution is -2.36. The number of nitro groups is 1. The van der Waals surface area contributed by atoms with Crippen LogP contribution in [-0.2, 0) is 9.59 Å². The van der Waals surface area contributed by atoms with E-state index in [1.165, 1.54) is 36.4 Å². The zero-order valence-corrected chi connectivity index (χ0v) is 19.3. The summed E-state index contributed by atoms with van der Waals surface area (Å²) in [7, 11) is 0. The molecule has 11 heteroatoms. The number of esters is 1. The Morgan fingerprint density at radius 2 is 1.72 bits per heavy atom. The van der Waals surface area contributed by atoms with Gasteiger partial charge in [0.15, 0.2) is 0 Å². The highest BCUT2D eigenvalue weighted by atomic mass is 32.2. The van der Waals surface area contributed by atoms with Gasteiger partial charge in [-0.15, -0.1) is 0 Å². The van der Waals surface area contributed by atoms with Crippen LogP contribution in [0.1, 0.15) is 15.9 Å². The Labute approximate surface area is 208 Å². The van der Waals surface area contributed by atoms with Crippen molar-refractivity contribution in [2.45, 2.75) is 0 Å². The number of nitrogens with one attached hydrogen (secondary N) is 1. The van der Waals surface area contributed by atoms with E-state index in [9.17, 15) is 29.3 Å². The van der Waals surface area contributed by atoms with E-state index >= 15 is 0 Å². The predicted octanol–water partition coefficient (Wildman–Crippen LogP) is 4.49. The molecule has 0 saturated carbocycles. The molecule has 0 aliphatic carbocycles. The van der Waals surface area contributed by atoms with Crippen LogP contribution < -0.4 is 10.1 Å². The summed E-state index contributed by atoms with van der Waals surface area (Å²) in [5, 5.41) is 13.0. The predicted molar refractivity (Wildman–Crippen MR) is 132 cm³/mol. The molecule has 180 valence electrons. The topological polar surface area (TPSA) is 136 Å². The molecule has 3 aromatic carbocycles. The fourth-order valence-corrected chi connectivity index (χ4v) is 4.04. The van der Waals surface area contributed by atoms with Crippen molar-refractivity contribution >= 4 is 52.2 Å². The van der Waals surface area contributed by atoms with E-state index in [1.807, 2.05) is 0 Å². The number of hydrogen-bond donors (Lipinski definition) is 1. The Hall–Kier alpha value is -4.77. The number of carbonyl (C=O) groups excluding carboxylic acids is 4. The van der Waals surface area contributed by atoms with E-state index in [2.05, 4.69) is 5.32 Å². The van der Waals surface area contributed by atoms with Crippen LogP contribution in [-0.4, -0.2) is 39.4 Å². The number of benzene rings is 3. The second kappa shape index (κ2) is 10.7. The molecule has 3 amide bonds. The highest BCUT2D eigenvalue weighted by Gasteiger charge is 2.36. The lowest BCUT2D eigenvalue weighted by Gasteiger charge is -2.12. The molecule has 0 spiro atoms. The van der Waals surface area contributed by atoms with Gasteiger partial charge in [-0.1, -0.05) is 36.4 Å². The van der Waals surface area contributed by atoms with Crippen molar-refractivity contribution in [2.75, 3.05) is 11.9 Å². The minimum absolute atomic E-state index is 0.0262. The Balaban J connectivity index is 1.39. The van der Waals surface area contributed by atoms with Gasteiger partial charge in [-0.3, -0.25) is 29.4 Å². The van der Waals surface area contributed by atoms with Crippen molar-refractivity contribution < 1.29 is 28.8 Å². The van der Waals surface area contributed by atoms with Crippen LogP contribution in [0.3, 0.4) is 0 Å². The monoisotopic (exact) mass is 503 g/mol. The van der Waals surface area contributed by atoms with Crippen LogP contribution in [0.2, 0.25) is 0 Å². The van der Waals surface area contributed by atoms with E-state index in [0.717, 1.165) is 22.7 Å². The van der Waals surface area contributed by atoms with Gasteiger partial charge >= 0.3 is 5.97 Å². The molecular formula is C25H17N3O7S. The number of nitrogens with zero attached hydrogens (tertiary/aromatic N) is 2.